The number of hydrogen-bond donors (Lipinski definition) is 2. The highest BCUT2D eigenvalue weighted by atomic mass is 19.1. The minimum atomic E-state index is -0.319. The third-order valence-electron chi connectivity index (χ3n) is 3.30. The number of ether oxygens (including phenoxy) is 1. The lowest BCUT2D eigenvalue weighted by atomic mass is 9.94. The van der Waals surface area contributed by atoms with Gasteiger partial charge in [-0.2, -0.15) is 0 Å². The molecule has 1 heterocycles. The van der Waals surface area contributed by atoms with Gasteiger partial charge in [0.25, 0.3) is 0 Å². The Morgan fingerprint density at radius 2 is 2.31 bits per heavy atom. The molecule has 2 atom stereocenters. The minimum absolute atomic E-state index is 0.0736. The number of benzene rings is 1. The molecule has 1 aromatic rings. The molecule has 4 heteroatoms. The zero-order valence-corrected chi connectivity index (χ0v) is 9.59. The molecule has 1 aromatic carbocycles. The number of anilines is 2. The summed E-state index contributed by atoms with van der Waals surface area (Å²) in [6, 6.07) is 4.68. The van der Waals surface area contributed by atoms with Crippen molar-refractivity contribution in [1.29, 1.82) is 0 Å². The average Bonchev–Trinajstić information content (AvgIpc) is 2.52. The maximum atomic E-state index is 13.6. The average molecular weight is 224 g/mol. The first-order valence-electron chi connectivity index (χ1n) is 5.46. The molecule has 88 valence electrons. The van der Waals surface area contributed by atoms with Crippen molar-refractivity contribution in [3.8, 4) is 0 Å². The van der Waals surface area contributed by atoms with E-state index in [-0.39, 0.29) is 17.5 Å². The summed E-state index contributed by atoms with van der Waals surface area (Å²) in [4.78, 5) is 0. The third kappa shape index (κ3) is 1.97. The molecule has 1 fully saturated rings. The molecule has 0 radical (unpaired) electrons. The molecule has 0 saturated carbocycles. The highest BCUT2D eigenvalue weighted by molar-refractivity contribution is 5.54. The van der Waals surface area contributed by atoms with Crippen LogP contribution in [0.5, 0.6) is 0 Å². The second-order valence-electron chi connectivity index (χ2n) is 4.54. The Kier molecular flexibility index (Phi) is 2.76. The molecule has 1 aliphatic rings. The highest BCUT2D eigenvalue weighted by Gasteiger charge is 2.37. The maximum absolute atomic E-state index is 13.6. The molecule has 16 heavy (non-hydrogen) atoms. The molecule has 0 spiro atoms. The number of rotatable bonds is 2. The van der Waals surface area contributed by atoms with Gasteiger partial charge in [0.05, 0.1) is 17.3 Å². The van der Waals surface area contributed by atoms with Gasteiger partial charge in [0.2, 0.25) is 0 Å². The van der Waals surface area contributed by atoms with Crippen LogP contribution in [0.3, 0.4) is 0 Å². The van der Waals surface area contributed by atoms with E-state index >= 15 is 0 Å². The Morgan fingerprint density at radius 3 is 2.88 bits per heavy atom. The molecule has 2 rings (SSSR count). The molecule has 1 aliphatic heterocycles. The zero-order chi connectivity index (χ0) is 11.8. The summed E-state index contributed by atoms with van der Waals surface area (Å²) in [7, 11) is 0. The molecule has 2 unspecified atom stereocenters. The Balaban J connectivity index is 2.20. The Hall–Kier alpha value is -1.29. The van der Waals surface area contributed by atoms with Gasteiger partial charge in [0.15, 0.2) is 0 Å². The summed E-state index contributed by atoms with van der Waals surface area (Å²) in [6.45, 7) is 4.75. The molecule has 0 bridgehead atoms. The third-order valence-corrected chi connectivity index (χ3v) is 3.30. The van der Waals surface area contributed by atoms with Gasteiger partial charge in [0, 0.05) is 12.3 Å². The Labute approximate surface area is 94.8 Å². The maximum Gasteiger partial charge on any atom is 0.148 e. The van der Waals surface area contributed by atoms with E-state index in [1.807, 2.05) is 13.8 Å². The minimum Gasteiger partial charge on any atom is -0.399 e. The SMILES string of the molecule is CC1OCCC1(C)Nc1ccc(N)cc1F. The number of hydrogen-bond acceptors (Lipinski definition) is 3. The first-order chi connectivity index (χ1) is 7.51. The van der Waals surface area contributed by atoms with Crippen molar-refractivity contribution in [2.75, 3.05) is 17.7 Å². The Bertz CT molecular complexity index is 397. The van der Waals surface area contributed by atoms with E-state index < -0.39 is 0 Å². The molecular weight excluding hydrogens is 207 g/mol. The van der Waals surface area contributed by atoms with Crippen LogP contribution < -0.4 is 11.1 Å². The van der Waals surface area contributed by atoms with Crippen LogP contribution in [0.15, 0.2) is 18.2 Å². The van der Waals surface area contributed by atoms with E-state index in [0.29, 0.717) is 18.0 Å². The standard InChI is InChI=1S/C12H17FN2O/c1-8-12(2,5-6-16-8)15-11-4-3-9(14)7-10(11)13/h3-4,7-8,15H,5-6,14H2,1-2H3. The number of nitrogen functional groups attached to an aromatic ring is 1. The van der Waals surface area contributed by atoms with Crippen molar-refractivity contribution in [3.05, 3.63) is 24.0 Å². The predicted octanol–water partition coefficient (Wildman–Crippen LogP) is 2.39. The van der Waals surface area contributed by atoms with Crippen molar-refractivity contribution in [2.45, 2.75) is 31.9 Å². The summed E-state index contributed by atoms with van der Waals surface area (Å²) in [5.41, 5.74) is 6.21. The van der Waals surface area contributed by atoms with E-state index in [4.69, 9.17) is 10.5 Å². The highest BCUT2D eigenvalue weighted by Crippen LogP contribution is 2.30. The van der Waals surface area contributed by atoms with Crippen LogP contribution in [0.2, 0.25) is 0 Å². The molecule has 0 amide bonds. The lowest BCUT2D eigenvalue weighted by molar-refractivity contribution is 0.105. The van der Waals surface area contributed by atoms with E-state index in [1.165, 1.54) is 6.07 Å². The van der Waals surface area contributed by atoms with Crippen LogP contribution in [0, 0.1) is 5.82 Å². The van der Waals surface area contributed by atoms with E-state index in [0.717, 1.165) is 6.42 Å². The molecule has 3 nitrogen and oxygen atoms in total. The van der Waals surface area contributed by atoms with Crippen molar-refractivity contribution in [3.63, 3.8) is 0 Å². The normalized spacial score (nSPS) is 29.3. The van der Waals surface area contributed by atoms with Crippen molar-refractivity contribution < 1.29 is 9.13 Å². The van der Waals surface area contributed by atoms with Crippen molar-refractivity contribution >= 4 is 11.4 Å². The Morgan fingerprint density at radius 1 is 1.56 bits per heavy atom. The largest absolute Gasteiger partial charge is 0.399 e. The van der Waals surface area contributed by atoms with E-state index in [9.17, 15) is 4.39 Å². The van der Waals surface area contributed by atoms with Crippen LogP contribution in [-0.4, -0.2) is 18.2 Å². The van der Waals surface area contributed by atoms with Crippen LogP contribution in [0.4, 0.5) is 15.8 Å². The van der Waals surface area contributed by atoms with Crippen LogP contribution in [0.1, 0.15) is 20.3 Å². The van der Waals surface area contributed by atoms with Gasteiger partial charge < -0.3 is 15.8 Å². The second-order valence-corrected chi connectivity index (χ2v) is 4.54. The molecule has 1 saturated heterocycles. The first-order valence-corrected chi connectivity index (χ1v) is 5.46. The molecule has 0 aliphatic carbocycles. The van der Waals surface area contributed by atoms with Gasteiger partial charge >= 0.3 is 0 Å². The van der Waals surface area contributed by atoms with Gasteiger partial charge in [-0.05, 0) is 38.5 Å². The summed E-state index contributed by atoms with van der Waals surface area (Å²) in [5, 5.41) is 3.21. The fourth-order valence-electron chi connectivity index (χ4n) is 1.94. The van der Waals surface area contributed by atoms with Crippen molar-refractivity contribution in [2.24, 2.45) is 0 Å². The van der Waals surface area contributed by atoms with Gasteiger partial charge in [0.1, 0.15) is 5.82 Å². The second kappa shape index (κ2) is 3.94. The quantitative estimate of drug-likeness (QED) is 0.758. The fraction of sp³-hybridized carbons (Fsp3) is 0.500. The summed E-state index contributed by atoms with van der Waals surface area (Å²) >= 11 is 0. The lowest BCUT2D eigenvalue weighted by Crippen LogP contribution is -2.41. The van der Waals surface area contributed by atoms with Crippen LogP contribution in [-0.2, 0) is 4.74 Å². The fourth-order valence-corrected chi connectivity index (χ4v) is 1.94. The smallest absolute Gasteiger partial charge is 0.148 e. The van der Waals surface area contributed by atoms with Gasteiger partial charge in [-0.25, -0.2) is 4.39 Å². The van der Waals surface area contributed by atoms with Gasteiger partial charge in [-0.3, -0.25) is 0 Å². The number of nitrogens with two attached hydrogens (primary N) is 1. The van der Waals surface area contributed by atoms with Gasteiger partial charge in [-0.1, -0.05) is 0 Å². The summed E-state index contributed by atoms with van der Waals surface area (Å²) in [5.74, 6) is -0.319. The molecule has 0 aromatic heterocycles. The van der Waals surface area contributed by atoms with Crippen LogP contribution >= 0.6 is 0 Å². The summed E-state index contributed by atoms with van der Waals surface area (Å²) in [6.07, 6.45) is 0.947. The summed E-state index contributed by atoms with van der Waals surface area (Å²) < 4.78 is 19.1. The van der Waals surface area contributed by atoms with Crippen LogP contribution in [0.25, 0.3) is 0 Å². The molecular formula is C12H17FN2O. The molecule has 3 N–H and O–H groups in total. The van der Waals surface area contributed by atoms with Gasteiger partial charge in [-0.15, -0.1) is 0 Å². The number of nitrogens with one attached hydrogen (secondary N) is 1. The first kappa shape index (κ1) is 11.2. The monoisotopic (exact) mass is 224 g/mol. The predicted molar refractivity (Wildman–Crippen MR) is 62.9 cm³/mol. The number of halogens is 1. The zero-order valence-electron chi connectivity index (χ0n) is 9.59. The van der Waals surface area contributed by atoms with Crippen molar-refractivity contribution in [1.82, 2.24) is 0 Å². The lowest BCUT2D eigenvalue weighted by Gasteiger charge is -2.30. The van der Waals surface area contributed by atoms with E-state index in [2.05, 4.69) is 5.32 Å². The topological polar surface area (TPSA) is 47.3 Å². The van der Waals surface area contributed by atoms with E-state index in [1.54, 1.807) is 12.1 Å².